The molecule has 0 unspecified atom stereocenters. The van der Waals surface area contributed by atoms with E-state index in [0.29, 0.717) is 6.54 Å². The van der Waals surface area contributed by atoms with Crippen LogP contribution in [0.5, 0.6) is 0 Å². The molecule has 2 aromatic rings. The zero-order chi connectivity index (χ0) is 9.26. The number of aromatic nitrogens is 5. The van der Waals surface area contributed by atoms with Gasteiger partial charge in [-0.05, 0) is 6.92 Å². The van der Waals surface area contributed by atoms with Crippen molar-refractivity contribution < 1.29 is 0 Å². The highest BCUT2D eigenvalue weighted by molar-refractivity contribution is 4.99. The van der Waals surface area contributed by atoms with Gasteiger partial charge in [0.1, 0.15) is 5.69 Å². The SMILES string of the molecule is Cc1[c]cnn1Cc1cn(C)nn1. The minimum Gasteiger partial charge on any atom is -0.263 e. The normalized spacial score (nSPS) is 10.6. The van der Waals surface area contributed by atoms with E-state index in [1.165, 1.54) is 0 Å². The molecule has 5 nitrogen and oxygen atoms in total. The summed E-state index contributed by atoms with van der Waals surface area (Å²) in [6, 6.07) is 2.99. The number of nitrogens with zero attached hydrogens (tertiary/aromatic N) is 5. The molecule has 2 aromatic heterocycles. The van der Waals surface area contributed by atoms with E-state index in [0.717, 1.165) is 11.4 Å². The first kappa shape index (κ1) is 7.97. The third-order valence-corrected chi connectivity index (χ3v) is 1.82. The largest absolute Gasteiger partial charge is 0.263 e. The van der Waals surface area contributed by atoms with E-state index in [9.17, 15) is 0 Å². The van der Waals surface area contributed by atoms with Crippen LogP contribution in [-0.4, -0.2) is 24.8 Å². The van der Waals surface area contributed by atoms with Crippen LogP contribution in [0.25, 0.3) is 0 Å². The quantitative estimate of drug-likeness (QED) is 0.655. The van der Waals surface area contributed by atoms with Crippen LogP contribution in [-0.2, 0) is 13.6 Å². The van der Waals surface area contributed by atoms with E-state index >= 15 is 0 Å². The second-order valence-electron chi connectivity index (χ2n) is 2.92. The lowest BCUT2D eigenvalue weighted by Gasteiger charge is -1.98. The van der Waals surface area contributed by atoms with Crippen LogP contribution in [0.15, 0.2) is 12.4 Å². The Labute approximate surface area is 76.0 Å². The van der Waals surface area contributed by atoms with Gasteiger partial charge in [-0.25, -0.2) is 0 Å². The van der Waals surface area contributed by atoms with Gasteiger partial charge in [-0.3, -0.25) is 9.36 Å². The Morgan fingerprint density at radius 2 is 2.38 bits per heavy atom. The van der Waals surface area contributed by atoms with Gasteiger partial charge in [-0.15, -0.1) is 5.10 Å². The summed E-state index contributed by atoms with van der Waals surface area (Å²) in [6.45, 7) is 2.62. The van der Waals surface area contributed by atoms with Crippen molar-refractivity contribution in [2.24, 2.45) is 7.05 Å². The van der Waals surface area contributed by atoms with E-state index in [1.807, 2.05) is 24.9 Å². The number of hydrogen-bond donors (Lipinski definition) is 0. The third-order valence-electron chi connectivity index (χ3n) is 1.82. The van der Waals surface area contributed by atoms with Crippen molar-refractivity contribution >= 4 is 0 Å². The summed E-state index contributed by atoms with van der Waals surface area (Å²) in [5.74, 6) is 0. The topological polar surface area (TPSA) is 48.5 Å². The summed E-state index contributed by atoms with van der Waals surface area (Å²) < 4.78 is 3.52. The molecule has 0 N–H and O–H groups in total. The summed E-state index contributed by atoms with van der Waals surface area (Å²) in [7, 11) is 1.85. The average molecular weight is 176 g/mol. The second-order valence-corrected chi connectivity index (χ2v) is 2.92. The Morgan fingerprint density at radius 1 is 1.54 bits per heavy atom. The van der Waals surface area contributed by atoms with Gasteiger partial charge in [-0.2, -0.15) is 5.10 Å². The molecule has 0 aromatic carbocycles. The van der Waals surface area contributed by atoms with Gasteiger partial charge in [0, 0.05) is 25.0 Å². The van der Waals surface area contributed by atoms with Gasteiger partial charge in [0.05, 0.1) is 12.7 Å². The van der Waals surface area contributed by atoms with Gasteiger partial charge in [0.2, 0.25) is 0 Å². The van der Waals surface area contributed by atoms with E-state index in [2.05, 4.69) is 21.5 Å². The van der Waals surface area contributed by atoms with Crippen molar-refractivity contribution in [3.8, 4) is 0 Å². The Hall–Kier alpha value is -1.65. The first-order valence-corrected chi connectivity index (χ1v) is 4.01. The molecule has 0 aliphatic heterocycles. The monoisotopic (exact) mass is 176 g/mol. The molecule has 1 radical (unpaired) electrons. The molecular formula is C8H10N5. The molecule has 2 rings (SSSR count). The molecule has 0 saturated carbocycles. The van der Waals surface area contributed by atoms with Crippen molar-refractivity contribution in [3.05, 3.63) is 29.8 Å². The minimum absolute atomic E-state index is 0.656. The maximum atomic E-state index is 4.10. The molecule has 0 atom stereocenters. The van der Waals surface area contributed by atoms with Crippen LogP contribution in [0.3, 0.4) is 0 Å². The summed E-state index contributed by atoms with van der Waals surface area (Å²) in [6.07, 6.45) is 3.53. The standard InChI is InChI=1S/C8H10N5/c1-7-3-4-9-13(7)6-8-5-12(2)11-10-8/h4-5H,6H2,1-2H3. The van der Waals surface area contributed by atoms with Gasteiger partial charge in [0.25, 0.3) is 0 Å². The first-order chi connectivity index (χ1) is 6.25. The third kappa shape index (κ3) is 1.58. The molecular weight excluding hydrogens is 166 g/mol. The molecule has 2 heterocycles. The van der Waals surface area contributed by atoms with Gasteiger partial charge in [0.15, 0.2) is 0 Å². The molecule has 0 aliphatic rings. The van der Waals surface area contributed by atoms with Gasteiger partial charge >= 0.3 is 0 Å². The molecule has 0 bridgehead atoms. The fraction of sp³-hybridized carbons (Fsp3) is 0.375. The molecule has 13 heavy (non-hydrogen) atoms. The van der Waals surface area contributed by atoms with E-state index in [4.69, 9.17) is 0 Å². The van der Waals surface area contributed by atoms with Crippen molar-refractivity contribution in [1.82, 2.24) is 24.8 Å². The highest BCUT2D eigenvalue weighted by Gasteiger charge is 2.01. The molecule has 0 fully saturated rings. The number of rotatable bonds is 2. The fourth-order valence-corrected chi connectivity index (χ4v) is 1.13. The van der Waals surface area contributed by atoms with Gasteiger partial charge in [-0.1, -0.05) is 5.21 Å². The first-order valence-electron chi connectivity index (χ1n) is 4.01. The predicted molar refractivity (Wildman–Crippen MR) is 45.9 cm³/mol. The molecule has 0 spiro atoms. The maximum Gasteiger partial charge on any atom is 0.104 e. The van der Waals surface area contributed by atoms with Crippen LogP contribution in [0.2, 0.25) is 0 Å². The Balaban J connectivity index is 2.19. The fourth-order valence-electron chi connectivity index (χ4n) is 1.13. The molecule has 0 amide bonds. The van der Waals surface area contributed by atoms with E-state index in [-0.39, 0.29) is 0 Å². The summed E-state index contributed by atoms with van der Waals surface area (Å²) in [5, 5.41) is 11.9. The van der Waals surface area contributed by atoms with Crippen LogP contribution in [0.4, 0.5) is 0 Å². The summed E-state index contributed by atoms with van der Waals surface area (Å²) in [4.78, 5) is 0. The lowest BCUT2D eigenvalue weighted by atomic mass is 10.4. The van der Waals surface area contributed by atoms with E-state index in [1.54, 1.807) is 10.9 Å². The molecule has 67 valence electrons. The second kappa shape index (κ2) is 3.01. The predicted octanol–water partition coefficient (Wildman–Crippen LogP) is 0.169. The smallest absolute Gasteiger partial charge is 0.104 e. The average Bonchev–Trinajstić information content (AvgIpc) is 2.64. The van der Waals surface area contributed by atoms with Crippen LogP contribution in [0, 0.1) is 13.0 Å². The lowest BCUT2D eigenvalue weighted by Crippen LogP contribution is -2.03. The van der Waals surface area contributed by atoms with Crippen molar-refractivity contribution in [2.75, 3.05) is 0 Å². The van der Waals surface area contributed by atoms with Crippen LogP contribution < -0.4 is 0 Å². The van der Waals surface area contributed by atoms with Crippen molar-refractivity contribution in [2.45, 2.75) is 13.5 Å². The molecule has 0 saturated heterocycles. The molecule has 5 heteroatoms. The van der Waals surface area contributed by atoms with Gasteiger partial charge < -0.3 is 0 Å². The minimum atomic E-state index is 0.656. The lowest BCUT2D eigenvalue weighted by molar-refractivity contribution is 0.649. The van der Waals surface area contributed by atoms with E-state index < -0.39 is 0 Å². The number of aryl methyl sites for hydroxylation is 2. The zero-order valence-electron chi connectivity index (χ0n) is 7.60. The maximum absolute atomic E-state index is 4.10. The number of hydrogen-bond acceptors (Lipinski definition) is 3. The Kier molecular flexibility index (Phi) is 1.84. The highest BCUT2D eigenvalue weighted by Crippen LogP contribution is 1.99. The van der Waals surface area contributed by atoms with Crippen molar-refractivity contribution in [1.29, 1.82) is 0 Å². The van der Waals surface area contributed by atoms with Crippen molar-refractivity contribution in [3.63, 3.8) is 0 Å². The zero-order valence-corrected chi connectivity index (χ0v) is 7.60. The summed E-state index contributed by atoms with van der Waals surface area (Å²) in [5.41, 5.74) is 1.91. The Morgan fingerprint density at radius 3 is 2.92 bits per heavy atom. The Bertz CT molecular complexity index is 400. The van der Waals surface area contributed by atoms with Crippen LogP contribution in [0.1, 0.15) is 11.4 Å². The summed E-state index contributed by atoms with van der Waals surface area (Å²) >= 11 is 0. The van der Waals surface area contributed by atoms with Crippen LogP contribution >= 0.6 is 0 Å². The molecule has 0 aliphatic carbocycles. The highest BCUT2D eigenvalue weighted by atomic mass is 15.4.